The van der Waals surface area contributed by atoms with Gasteiger partial charge in [0.25, 0.3) is 5.91 Å². The number of amides is 1. The van der Waals surface area contributed by atoms with Crippen LogP contribution < -0.4 is 10.1 Å². The lowest BCUT2D eigenvalue weighted by molar-refractivity contribution is -0.140. The van der Waals surface area contributed by atoms with Crippen LogP contribution in [0.4, 0.5) is 0 Å². The number of benzene rings is 1. The normalized spacial score (nSPS) is 15.0. The quantitative estimate of drug-likeness (QED) is 0.797. The minimum atomic E-state index is -1.14. The van der Waals surface area contributed by atoms with Crippen molar-refractivity contribution in [1.29, 1.82) is 0 Å². The number of methoxy groups -OCH3 is 2. The Bertz CT molecular complexity index is 816. The molecule has 1 unspecified atom stereocenters. The highest BCUT2D eigenvalue weighted by atomic mass is 16.5. The lowest BCUT2D eigenvalue weighted by Crippen LogP contribution is -2.43. The second-order valence-electron chi connectivity index (χ2n) is 6.07. The van der Waals surface area contributed by atoms with Gasteiger partial charge in [0, 0.05) is 24.1 Å². The van der Waals surface area contributed by atoms with E-state index in [1.54, 1.807) is 31.4 Å². The number of fused-ring (bicyclic) bond motifs is 1. The Kier molecular flexibility index (Phi) is 4.85. The molecule has 1 aromatic carbocycles. The topological polar surface area (TPSA) is 97.8 Å². The summed E-state index contributed by atoms with van der Waals surface area (Å²) in [6.07, 6.45) is 2.11. The number of aromatic nitrogens is 1. The van der Waals surface area contributed by atoms with Crippen LogP contribution >= 0.6 is 0 Å². The van der Waals surface area contributed by atoms with E-state index in [2.05, 4.69) is 10.3 Å². The molecule has 0 bridgehead atoms. The third-order valence-corrected chi connectivity index (χ3v) is 4.21. The van der Waals surface area contributed by atoms with Crippen LogP contribution in [0.2, 0.25) is 0 Å². The van der Waals surface area contributed by atoms with Gasteiger partial charge in [0.05, 0.1) is 24.8 Å². The van der Waals surface area contributed by atoms with Crippen LogP contribution in [-0.4, -0.2) is 48.8 Å². The second kappa shape index (κ2) is 7.06. The van der Waals surface area contributed by atoms with Crippen LogP contribution in [0.15, 0.2) is 24.3 Å². The molecule has 0 radical (unpaired) electrons. The number of aliphatic carboxylic acids is 1. The van der Waals surface area contributed by atoms with Crippen LogP contribution in [0.3, 0.4) is 0 Å². The highest BCUT2D eigenvalue weighted by molar-refractivity contribution is 6.07. The van der Waals surface area contributed by atoms with Crippen molar-refractivity contribution < 1.29 is 24.2 Å². The molecule has 7 nitrogen and oxygen atoms in total. The van der Waals surface area contributed by atoms with Gasteiger partial charge in [-0.1, -0.05) is 0 Å². The third kappa shape index (κ3) is 3.71. The first-order chi connectivity index (χ1) is 12.0. The predicted octanol–water partition coefficient (Wildman–Crippen LogP) is 1.95. The molecule has 1 aliphatic carbocycles. The molecule has 3 rings (SSSR count). The SMILES string of the molecule is COCC(NC(=O)c1cc(C2CC2)nc2ccc(OC)cc12)C(=O)O. The van der Waals surface area contributed by atoms with Crippen molar-refractivity contribution in [3.8, 4) is 5.75 Å². The van der Waals surface area contributed by atoms with Gasteiger partial charge in [0.2, 0.25) is 0 Å². The molecule has 2 aromatic rings. The molecule has 0 aliphatic heterocycles. The largest absolute Gasteiger partial charge is 0.497 e. The number of carboxylic acid groups (broad SMARTS) is 1. The van der Waals surface area contributed by atoms with Crippen LogP contribution in [0.25, 0.3) is 10.9 Å². The van der Waals surface area contributed by atoms with Gasteiger partial charge in [-0.25, -0.2) is 4.79 Å². The fourth-order valence-corrected chi connectivity index (χ4v) is 2.71. The Balaban J connectivity index is 2.02. The van der Waals surface area contributed by atoms with Gasteiger partial charge in [-0.3, -0.25) is 9.78 Å². The number of nitrogens with one attached hydrogen (secondary N) is 1. The summed E-state index contributed by atoms with van der Waals surface area (Å²) in [5.41, 5.74) is 1.95. The molecular weight excluding hydrogens is 324 g/mol. The molecule has 0 saturated heterocycles. The zero-order valence-corrected chi connectivity index (χ0v) is 14.1. The molecule has 132 valence electrons. The number of nitrogens with zero attached hydrogens (tertiary/aromatic N) is 1. The standard InChI is InChI=1S/C18H20N2O5/c1-24-9-16(18(22)23)20-17(21)13-8-15(10-3-4-10)19-14-6-5-11(25-2)7-12(13)14/h5-8,10,16H,3-4,9H2,1-2H3,(H,20,21)(H,22,23). The van der Waals surface area contributed by atoms with E-state index in [0.29, 0.717) is 28.1 Å². The number of carbonyl (C=O) groups is 2. The molecule has 2 N–H and O–H groups in total. The first kappa shape index (κ1) is 17.2. The molecule has 1 aliphatic rings. The summed E-state index contributed by atoms with van der Waals surface area (Å²) in [5.74, 6) is -0.637. The molecule has 1 aromatic heterocycles. The lowest BCUT2D eigenvalue weighted by atomic mass is 10.0. The van der Waals surface area contributed by atoms with Crippen molar-refractivity contribution in [2.24, 2.45) is 0 Å². The van der Waals surface area contributed by atoms with E-state index in [1.165, 1.54) is 7.11 Å². The Hall–Kier alpha value is -2.67. The van der Waals surface area contributed by atoms with Crippen LogP contribution in [0.5, 0.6) is 5.75 Å². The van der Waals surface area contributed by atoms with E-state index in [0.717, 1.165) is 18.5 Å². The smallest absolute Gasteiger partial charge is 0.328 e. The maximum absolute atomic E-state index is 12.7. The van der Waals surface area contributed by atoms with Gasteiger partial charge in [-0.15, -0.1) is 0 Å². The van der Waals surface area contributed by atoms with Crippen molar-refractivity contribution in [3.63, 3.8) is 0 Å². The number of rotatable bonds is 7. The fraction of sp³-hybridized carbons (Fsp3) is 0.389. The number of carboxylic acids is 1. The number of hydrogen-bond acceptors (Lipinski definition) is 5. The highest BCUT2D eigenvalue weighted by Crippen LogP contribution is 2.40. The Labute approximate surface area is 145 Å². The first-order valence-electron chi connectivity index (χ1n) is 8.04. The number of hydrogen-bond donors (Lipinski definition) is 2. The summed E-state index contributed by atoms with van der Waals surface area (Å²) in [7, 11) is 2.94. The zero-order chi connectivity index (χ0) is 18.0. The van der Waals surface area contributed by atoms with Gasteiger partial charge in [0.1, 0.15) is 5.75 Å². The maximum atomic E-state index is 12.7. The van der Waals surface area contributed by atoms with Crippen LogP contribution in [-0.2, 0) is 9.53 Å². The fourth-order valence-electron chi connectivity index (χ4n) is 2.71. The van der Waals surface area contributed by atoms with Crippen molar-refractivity contribution in [1.82, 2.24) is 10.3 Å². The Morgan fingerprint density at radius 1 is 1.32 bits per heavy atom. The van der Waals surface area contributed by atoms with E-state index >= 15 is 0 Å². The third-order valence-electron chi connectivity index (χ3n) is 4.21. The van der Waals surface area contributed by atoms with E-state index in [-0.39, 0.29) is 6.61 Å². The monoisotopic (exact) mass is 344 g/mol. The number of carbonyl (C=O) groups excluding carboxylic acids is 1. The average Bonchev–Trinajstić information content (AvgIpc) is 3.44. The van der Waals surface area contributed by atoms with E-state index in [4.69, 9.17) is 9.47 Å². The molecule has 1 amide bonds. The minimum Gasteiger partial charge on any atom is -0.497 e. The Morgan fingerprint density at radius 3 is 2.68 bits per heavy atom. The van der Waals surface area contributed by atoms with E-state index in [1.807, 2.05) is 0 Å². The summed E-state index contributed by atoms with van der Waals surface area (Å²) in [6, 6.07) is 5.97. The van der Waals surface area contributed by atoms with E-state index < -0.39 is 17.9 Å². The molecule has 1 saturated carbocycles. The molecule has 7 heteroatoms. The summed E-state index contributed by atoms with van der Waals surface area (Å²) in [6.45, 7) is -0.108. The van der Waals surface area contributed by atoms with Crippen molar-refractivity contribution in [2.45, 2.75) is 24.8 Å². The summed E-state index contributed by atoms with van der Waals surface area (Å²) < 4.78 is 10.1. The second-order valence-corrected chi connectivity index (χ2v) is 6.07. The van der Waals surface area contributed by atoms with Crippen molar-refractivity contribution in [3.05, 3.63) is 35.5 Å². The molecular formula is C18H20N2O5. The first-order valence-corrected chi connectivity index (χ1v) is 8.04. The van der Waals surface area contributed by atoms with Gasteiger partial charge >= 0.3 is 5.97 Å². The van der Waals surface area contributed by atoms with Crippen molar-refractivity contribution >= 4 is 22.8 Å². The maximum Gasteiger partial charge on any atom is 0.328 e. The van der Waals surface area contributed by atoms with Gasteiger partial charge in [0.15, 0.2) is 6.04 Å². The molecule has 0 spiro atoms. The van der Waals surface area contributed by atoms with Gasteiger partial charge in [-0.2, -0.15) is 0 Å². The lowest BCUT2D eigenvalue weighted by Gasteiger charge is -2.15. The van der Waals surface area contributed by atoms with Crippen LogP contribution in [0, 0.1) is 0 Å². The van der Waals surface area contributed by atoms with E-state index in [9.17, 15) is 14.7 Å². The van der Waals surface area contributed by atoms with Gasteiger partial charge < -0.3 is 19.9 Å². The summed E-state index contributed by atoms with van der Waals surface area (Å²) in [5, 5.41) is 12.4. The molecule has 1 fully saturated rings. The summed E-state index contributed by atoms with van der Waals surface area (Å²) in [4.78, 5) is 28.7. The van der Waals surface area contributed by atoms with Crippen molar-refractivity contribution in [2.75, 3.05) is 20.8 Å². The summed E-state index contributed by atoms with van der Waals surface area (Å²) >= 11 is 0. The zero-order valence-electron chi connectivity index (χ0n) is 14.1. The minimum absolute atomic E-state index is 0.108. The molecule has 1 heterocycles. The average molecular weight is 344 g/mol. The highest BCUT2D eigenvalue weighted by Gasteiger charge is 2.28. The number of pyridine rings is 1. The molecule has 1 atom stereocenters. The Morgan fingerprint density at radius 2 is 2.08 bits per heavy atom. The van der Waals surface area contributed by atoms with Gasteiger partial charge in [-0.05, 0) is 37.1 Å². The predicted molar refractivity (Wildman–Crippen MR) is 91.0 cm³/mol. The molecule has 25 heavy (non-hydrogen) atoms. The van der Waals surface area contributed by atoms with Crippen LogP contribution in [0.1, 0.15) is 34.8 Å². The number of ether oxygens (including phenoxy) is 2.